The van der Waals surface area contributed by atoms with Gasteiger partial charge in [-0.3, -0.25) is 4.79 Å². The van der Waals surface area contributed by atoms with Crippen LogP contribution in [0.15, 0.2) is 120 Å². The molecule has 1 nitrogen and oxygen atoms in total. The summed E-state index contributed by atoms with van der Waals surface area (Å²) in [7, 11) is 0. The van der Waals surface area contributed by atoms with Gasteiger partial charge in [0.05, 0.1) is 0 Å². The Labute approximate surface area is 167 Å². The minimum Gasteiger partial charge on any atom is -0.290 e. The molecular formula is C27H22O. The van der Waals surface area contributed by atoms with Gasteiger partial charge in [-0.05, 0) is 23.3 Å². The summed E-state index contributed by atoms with van der Waals surface area (Å²) >= 11 is 0. The summed E-state index contributed by atoms with van der Waals surface area (Å²) in [5.41, 5.74) is 4.06. The molecular weight excluding hydrogens is 340 g/mol. The van der Waals surface area contributed by atoms with Gasteiger partial charge in [-0.1, -0.05) is 96.9 Å². The van der Waals surface area contributed by atoms with Crippen LogP contribution in [0.1, 0.15) is 12.8 Å². The summed E-state index contributed by atoms with van der Waals surface area (Å²) in [5, 5.41) is 0. The van der Waals surface area contributed by atoms with Crippen LogP contribution in [0.5, 0.6) is 0 Å². The van der Waals surface area contributed by atoms with E-state index >= 15 is 0 Å². The van der Waals surface area contributed by atoms with Gasteiger partial charge in [0, 0.05) is 24.0 Å². The lowest BCUT2D eigenvalue weighted by molar-refractivity contribution is -0.110. The van der Waals surface area contributed by atoms with Gasteiger partial charge in [0.25, 0.3) is 0 Å². The van der Waals surface area contributed by atoms with Crippen LogP contribution in [0.2, 0.25) is 0 Å². The molecule has 0 amide bonds. The fourth-order valence-corrected chi connectivity index (χ4v) is 2.52. The standard InChI is InChI=1S/C27H22O/c1-3-23-13-5-7-15-25(21-23)17-9-11-19-27(28)20-12-10-18-26-16-8-6-14-24(4-2)22-26/h1-2,5-20H,21-22H2/b17-9+,18-10+,19-11+,20-12+. The molecule has 2 aliphatic rings. The van der Waals surface area contributed by atoms with Crippen LogP contribution in [0.25, 0.3) is 0 Å². The maximum absolute atomic E-state index is 11.9. The van der Waals surface area contributed by atoms with E-state index in [0.717, 1.165) is 22.3 Å². The number of hydrogen-bond acceptors (Lipinski definition) is 1. The minimum absolute atomic E-state index is 0.0767. The fourth-order valence-electron chi connectivity index (χ4n) is 2.52. The first-order valence-corrected chi connectivity index (χ1v) is 9.01. The third-order valence-electron chi connectivity index (χ3n) is 3.96. The van der Waals surface area contributed by atoms with Crippen molar-refractivity contribution in [3.05, 3.63) is 120 Å². The van der Waals surface area contributed by atoms with Crippen LogP contribution in [0.3, 0.4) is 0 Å². The predicted octanol–water partition coefficient (Wildman–Crippen LogP) is 5.67. The van der Waals surface area contributed by atoms with Crippen LogP contribution in [0, 0.1) is 24.7 Å². The molecule has 0 fully saturated rings. The molecule has 136 valence electrons. The quantitative estimate of drug-likeness (QED) is 0.338. The van der Waals surface area contributed by atoms with Crippen molar-refractivity contribution in [3.63, 3.8) is 0 Å². The zero-order chi connectivity index (χ0) is 20.0. The van der Waals surface area contributed by atoms with Crippen LogP contribution in [-0.4, -0.2) is 5.78 Å². The van der Waals surface area contributed by atoms with Gasteiger partial charge in [-0.25, -0.2) is 0 Å². The number of ketones is 1. The van der Waals surface area contributed by atoms with Crippen molar-refractivity contribution in [2.24, 2.45) is 0 Å². The Morgan fingerprint density at radius 2 is 1.14 bits per heavy atom. The number of hydrogen-bond donors (Lipinski definition) is 0. The molecule has 28 heavy (non-hydrogen) atoms. The van der Waals surface area contributed by atoms with Crippen molar-refractivity contribution >= 4 is 5.78 Å². The maximum Gasteiger partial charge on any atom is 0.178 e. The number of rotatable bonds is 6. The van der Waals surface area contributed by atoms with E-state index in [1.807, 2.05) is 72.9 Å². The topological polar surface area (TPSA) is 17.1 Å². The lowest BCUT2D eigenvalue weighted by Crippen LogP contribution is -1.84. The Bertz CT molecular complexity index is 898. The molecule has 1 heteroatoms. The third kappa shape index (κ3) is 7.61. The van der Waals surface area contributed by atoms with Gasteiger partial charge < -0.3 is 0 Å². The highest BCUT2D eigenvalue weighted by molar-refractivity contribution is 5.99. The molecule has 0 heterocycles. The summed E-state index contributed by atoms with van der Waals surface area (Å²) in [6.07, 6.45) is 42.1. The second-order valence-corrected chi connectivity index (χ2v) is 6.12. The molecule has 0 N–H and O–H groups in total. The Balaban J connectivity index is 1.83. The van der Waals surface area contributed by atoms with Crippen LogP contribution >= 0.6 is 0 Å². The summed E-state index contributed by atoms with van der Waals surface area (Å²) in [4.78, 5) is 11.9. The van der Waals surface area contributed by atoms with Crippen molar-refractivity contribution in [3.8, 4) is 24.7 Å². The van der Waals surface area contributed by atoms with Crippen molar-refractivity contribution in [2.75, 3.05) is 0 Å². The lowest BCUT2D eigenvalue weighted by atomic mass is 10.1. The monoisotopic (exact) mass is 362 g/mol. The molecule has 0 radical (unpaired) electrons. The summed E-state index contributed by atoms with van der Waals surface area (Å²) in [5.74, 6) is 5.27. The summed E-state index contributed by atoms with van der Waals surface area (Å²) in [6, 6.07) is 0. The lowest BCUT2D eigenvalue weighted by Gasteiger charge is -1.98. The highest BCUT2D eigenvalue weighted by atomic mass is 16.1. The van der Waals surface area contributed by atoms with Gasteiger partial charge in [0.1, 0.15) is 0 Å². The normalized spacial score (nSPS) is 17.1. The van der Waals surface area contributed by atoms with E-state index < -0.39 is 0 Å². The molecule has 0 aromatic heterocycles. The van der Waals surface area contributed by atoms with Gasteiger partial charge in [-0.15, -0.1) is 12.8 Å². The Morgan fingerprint density at radius 3 is 1.57 bits per heavy atom. The zero-order valence-electron chi connectivity index (χ0n) is 15.7. The van der Waals surface area contributed by atoms with Crippen molar-refractivity contribution in [1.82, 2.24) is 0 Å². The molecule has 2 rings (SSSR count). The van der Waals surface area contributed by atoms with Gasteiger partial charge >= 0.3 is 0 Å². The number of carbonyl (C=O) groups excluding carboxylic acids is 1. The van der Waals surface area contributed by atoms with Crippen LogP contribution in [-0.2, 0) is 4.79 Å². The summed E-state index contributed by atoms with van der Waals surface area (Å²) < 4.78 is 0. The van der Waals surface area contributed by atoms with Crippen molar-refractivity contribution in [1.29, 1.82) is 0 Å². The molecule has 0 aliphatic heterocycles. The zero-order valence-corrected chi connectivity index (χ0v) is 15.7. The second kappa shape index (κ2) is 11.7. The summed E-state index contributed by atoms with van der Waals surface area (Å²) in [6.45, 7) is 0. The van der Waals surface area contributed by atoms with E-state index in [0.29, 0.717) is 12.8 Å². The van der Waals surface area contributed by atoms with Crippen molar-refractivity contribution in [2.45, 2.75) is 12.8 Å². The van der Waals surface area contributed by atoms with Crippen molar-refractivity contribution < 1.29 is 4.79 Å². The molecule has 0 aromatic carbocycles. The van der Waals surface area contributed by atoms with E-state index in [2.05, 4.69) is 11.8 Å². The van der Waals surface area contributed by atoms with E-state index in [1.54, 1.807) is 12.2 Å². The largest absolute Gasteiger partial charge is 0.290 e. The van der Waals surface area contributed by atoms with E-state index in [9.17, 15) is 4.79 Å². The minimum atomic E-state index is -0.0767. The van der Waals surface area contributed by atoms with E-state index in [-0.39, 0.29) is 5.78 Å². The first-order chi connectivity index (χ1) is 13.7. The SMILES string of the molecule is C#CC1=CC=CC=C(/C=C/C=C/C(=O)/C=C/C=C/C2=CC=CC=C(C#C)C2)C1. The fraction of sp³-hybridized carbons (Fsp3) is 0.0741. The molecule has 2 aliphatic carbocycles. The Kier molecular flexibility index (Phi) is 8.59. The average Bonchev–Trinajstić information content (AvgIpc) is 3.08. The third-order valence-corrected chi connectivity index (χ3v) is 3.96. The molecule has 0 saturated carbocycles. The van der Waals surface area contributed by atoms with E-state index in [4.69, 9.17) is 12.8 Å². The molecule has 0 spiro atoms. The van der Waals surface area contributed by atoms with E-state index in [1.165, 1.54) is 12.2 Å². The average molecular weight is 362 g/mol. The van der Waals surface area contributed by atoms with Crippen LogP contribution < -0.4 is 0 Å². The highest BCUT2D eigenvalue weighted by Gasteiger charge is 1.99. The van der Waals surface area contributed by atoms with Crippen LogP contribution in [0.4, 0.5) is 0 Å². The van der Waals surface area contributed by atoms with Gasteiger partial charge in [0.15, 0.2) is 5.78 Å². The van der Waals surface area contributed by atoms with Gasteiger partial charge in [0.2, 0.25) is 0 Å². The smallest absolute Gasteiger partial charge is 0.178 e. The molecule has 0 unspecified atom stereocenters. The number of carbonyl (C=O) groups is 1. The first kappa shape index (κ1) is 20.5. The molecule has 0 atom stereocenters. The Hall–Kier alpha value is -3.81. The molecule has 0 saturated heterocycles. The van der Waals surface area contributed by atoms with Gasteiger partial charge in [-0.2, -0.15) is 0 Å². The molecule has 0 bridgehead atoms. The predicted molar refractivity (Wildman–Crippen MR) is 119 cm³/mol. The number of terminal acetylenes is 2. The second-order valence-electron chi connectivity index (χ2n) is 6.12. The highest BCUT2D eigenvalue weighted by Crippen LogP contribution is 2.16. The first-order valence-electron chi connectivity index (χ1n) is 9.01. The molecule has 0 aromatic rings. The Morgan fingerprint density at radius 1 is 0.714 bits per heavy atom. The maximum atomic E-state index is 11.9. The number of allylic oxidation sites excluding steroid dienone is 20.